The molecule has 2 saturated heterocycles. The second-order valence-corrected chi connectivity index (χ2v) is 9.08. The van der Waals surface area contributed by atoms with Gasteiger partial charge in [-0.1, -0.05) is 6.07 Å². The van der Waals surface area contributed by atoms with Gasteiger partial charge in [-0.2, -0.15) is 0 Å². The normalized spacial score (nSPS) is 23.8. The predicted molar refractivity (Wildman–Crippen MR) is 114 cm³/mol. The topological polar surface area (TPSA) is 168 Å². The van der Waals surface area contributed by atoms with Crippen molar-refractivity contribution in [3.05, 3.63) is 36.5 Å². The van der Waals surface area contributed by atoms with E-state index in [-0.39, 0.29) is 19.8 Å². The minimum atomic E-state index is -4.67. The van der Waals surface area contributed by atoms with Crippen LogP contribution in [-0.2, 0) is 18.6 Å². The number of carbonyl (C=O) groups excluding carboxylic acids is 2. The van der Waals surface area contributed by atoms with E-state index in [9.17, 15) is 19.3 Å². The molecule has 180 valence electrons. The summed E-state index contributed by atoms with van der Waals surface area (Å²) in [5.74, 6) is 0.795. The van der Waals surface area contributed by atoms with Crippen LogP contribution in [0.4, 0.5) is 21.1 Å². The average Bonchev–Trinajstić information content (AvgIpc) is 3.36. The number of hydrogen-bond acceptors (Lipinski definition) is 9. The van der Waals surface area contributed by atoms with E-state index in [0.717, 1.165) is 11.1 Å². The summed E-state index contributed by atoms with van der Waals surface area (Å²) >= 11 is 0. The van der Waals surface area contributed by atoms with Crippen molar-refractivity contribution in [2.75, 3.05) is 36.2 Å². The number of pyridine rings is 1. The minimum absolute atomic E-state index is 0.0276. The molecule has 3 aliphatic heterocycles. The van der Waals surface area contributed by atoms with Gasteiger partial charge in [-0.05, 0) is 29.8 Å². The maximum absolute atomic E-state index is 12.2. The van der Waals surface area contributed by atoms with E-state index in [2.05, 4.69) is 9.51 Å². The summed E-state index contributed by atoms with van der Waals surface area (Å²) in [6.07, 6.45) is -1.16. The molecule has 1 aromatic heterocycles. The number of hydrogen-bond donors (Lipinski definition) is 3. The van der Waals surface area contributed by atoms with Gasteiger partial charge in [-0.15, -0.1) is 0 Å². The van der Waals surface area contributed by atoms with E-state index in [4.69, 9.17) is 24.0 Å². The average molecular weight is 493 g/mol. The number of aliphatic hydroxyl groups is 1. The number of aromatic nitrogens is 1. The smallest absolute Gasteiger partial charge is 0.469 e. The zero-order valence-corrected chi connectivity index (χ0v) is 18.4. The number of anilines is 2. The number of phosphoric acid groups is 1. The van der Waals surface area contributed by atoms with Gasteiger partial charge >= 0.3 is 20.0 Å². The van der Waals surface area contributed by atoms with Crippen LogP contribution in [0.15, 0.2) is 36.5 Å². The number of ether oxygens (including phenoxy) is 3. The van der Waals surface area contributed by atoms with Crippen molar-refractivity contribution >= 4 is 31.5 Å². The molecular weight excluding hydrogens is 473 g/mol. The maximum Gasteiger partial charge on any atom is 0.469 e. The maximum atomic E-state index is 12.2. The quantitative estimate of drug-likeness (QED) is 0.496. The zero-order valence-electron chi connectivity index (χ0n) is 17.5. The number of carbonyl (C=O) groups is 2. The van der Waals surface area contributed by atoms with Crippen molar-refractivity contribution in [2.45, 2.75) is 18.2 Å². The zero-order chi connectivity index (χ0) is 24.0. The molecule has 2 aromatic rings. The van der Waals surface area contributed by atoms with E-state index in [0.29, 0.717) is 17.3 Å². The van der Waals surface area contributed by atoms with E-state index in [1.807, 2.05) is 0 Å². The first-order valence-electron chi connectivity index (χ1n) is 10.3. The highest BCUT2D eigenvalue weighted by molar-refractivity contribution is 7.46. The van der Waals surface area contributed by atoms with Crippen LogP contribution >= 0.6 is 7.82 Å². The molecular formula is C20H20N3O10P. The molecule has 2 fully saturated rings. The van der Waals surface area contributed by atoms with Gasteiger partial charge in [0.25, 0.3) is 0 Å². The van der Waals surface area contributed by atoms with Crippen molar-refractivity contribution in [3.8, 4) is 16.9 Å². The van der Waals surface area contributed by atoms with Crippen molar-refractivity contribution in [2.24, 2.45) is 0 Å². The summed E-state index contributed by atoms with van der Waals surface area (Å²) in [6, 6.07) is 8.25. The molecule has 3 N–H and O–H groups in total. The molecule has 0 radical (unpaired) electrons. The molecule has 34 heavy (non-hydrogen) atoms. The van der Waals surface area contributed by atoms with Crippen LogP contribution in [0.1, 0.15) is 0 Å². The number of aliphatic hydroxyl groups excluding tert-OH is 1. The Morgan fingerprint density at radius 1 is 1.12 bits per heavy atom. The molecule has 0 bridgehead atoms. The molecule has 1 aromatic carbocycles. The van der Waals surface area contributed by atoms with Gasteiger partial charge < -0.3 is 29.1 Å². The fourth-order valence-electron chi connectivity index (χ4n) is 4.06. The number of benzene rings is 1. The van der Waals surface area contributed by atoms with Gasteiger partial charge in [-0.25, -0.2) is 19.1 Å². The Hall–Kier alpha value is -3.22. The lowest BCUT2D eigenvalue weighted by Gasteiger charge is -2.31. The Morgan fingerprint density at radius 2 is 1.91 bits per heavy atom. The Bertz CT molecular complexity index is 1170. The van der Waals surface area contributed by atoms with Gasteiger partial charge in [-0.3, -0.25) is 14.3 Å². The predicted octanol–water partition coefficient (Wildman–Crippen LogP) is 1.26. The van der Waals surface area contributed by atoms with E-state index in [1.54, 1.807) is 36.5 Å². The molecule has 0 saturated carbocycles. The molecule has 4 heterocycles. The second-order valence-electron chi connectivity index (χ2n) is 7.84. The molecule has 0 spiro atoms. The van der Waals surface area contributed by atoms with Crippen LogP contribution < -0.4 is 14.5 Å². The van der Waals surface area contributed by atoms with Crippen LogP contribution in [0.2, 0.25) is 0 Å². The Labute approximate surface area is 192 Å². The molecule has 5 rings (SSSR count). The summed E-state index contributed by atoms with van der Waals surface area (Å²) in [5, 5.41) is 9.42. The standard InChI is InChI=1S/C20H20N3O10P/c24-8-17-15-10-30-16-5-11(1-3-14(16)23(15)20(26)33-17)12-2-4-18(21-6-12)22-7-13(32-19(22)25)9-31-34(27,28)29/h1-6,13,15,17,24H,7-10H2,(H2,27,28,29). The van der Waals surface area contributed by atoms with Crippen molar-refractivity contribution < 1.29 is 47.8 Å². The summed E-state index contributed by atoms with van der Waals surface area (Å²) < 4.78 is 31.3. The third-order valence-corrected chi connectivity index (χ3v) is 6.16. The highest BCUT2D eigenvalue weighted by Gasteiger charge is 2.46. The number of rotatable bonds is 6. The monoisotopic (exact) mass is 493 g/mol. The van der Waals surface area contributed by atoms with Gasteiger partial charge in [0.15, 0.2) is 6.10 Å². The number of amides is 2. The second kappa shape index (κ2) is 8.53. The molecule has 13 nitrogen and oxygen atoms in total. The summed E-state index contributed by atoms with van der Waals surface area (Å²) in [4.78, 5) is 49.0. The van der Waals surface area contributed by atoms with Gasteiger partial charge in [0.05, 0.1) is 25.4 Å². The number of phosphoric ester groups is 1. The van der Waals surface area contributed by atoms with E-state index < -0.39 is 44.9 Å². The minimum Gasteiger partial charge on any atom is -0.489 e. The Morgan fingerprint density at radius 3 is 2.62 bits per heavy atom. The first-order valence-corrected chi connectivity index (χ1v) is 11.8. The highest BCUT2D eigenvalue weighted by atomic mass is 31.2. The van der Waals surface area contributed by atoms with Crippen LogP contribution in [0, 0.1) is 0 Å². The molecule has 2 amide bonds. The Balaban J connectivity index is 1.31. The van der Waals surface area contributed by atoms with Crippen molar-refractivity contribution in [3.63, 3.8) is 0 Å². The van der Waals surface area contributed by atoms with Crippen LogP contribution in [-0.4, -0.2) is 76.7 Å². The Kier molecular flexibility index (Phi) is 5.66. The third-order valence-electron chi connectivity index (χ3n) is 5.68. The van der Waals surface area contributed by atoms with E-state index in [1.165, 1.54) is 9.80 Å². The summed E-state index contributed by atoms with van der Waals surface area (Å²) in [5.41, 5.74) is 2.04. The summed E-state index contributed by atoms with van der Waals surface area (Å²) in [7, 11) is -4.67. The first kappa shape index (κ1) is 22.6. The van der Waals surface area contributed by atoms with Gasteiger partial charge in [0, 0.05) is 11.8 Å². The lowest BCUT2D eigenvalue weighted by Crippen LogP contribution is -2.45. The molecule has 0 aliphatic carbocycles. The largest absolute Gasteiger partial charge is 0.489 e. The highest BCUT2D eigenvalue weighted by Crippen LogP contribution is 2.41. The fourth-order valence-corrected chi connectivity index (χ4v) is 4.42. The SMILES string of the molecule is O=C1OC(COP(=O)(O)O)CN1c1ccc(-c2ccc3c(c2)OCC2C(CO)OC(=O)N32)cn1. The molecule has 14 heteroatoms. The third kappa shape index (κ3) is 4.19. The first-order chi connectivity index (χ1) is 16.2. The van der Waals surface area contributed by atoms with Crippen molar-refractivity contribution in [1.29, 1.82) is 0 Å². The molecule has 3 atom stereocenters. The van der Waals surface area contributed by atoms with Gasteiger partial charge in [0.2, 0.25) is 0 Å². The number of cyclic esters (lactones) is 2. The molecule has 3 unspecified atom stereocenters. The van der Waals surface area contributed by atoms with Gasteiger partial charge in [0.1, 0.15) is 30.3 Å². The fraction of sp³-hybridized carbons (Fsp3) is 0.350. The lowest BCUT2D eigenvalue weighted by atomic mass is 10.0. The van der Waals surface area contributed by atoms with Crippen molar-refractivity contribution in [1.82, 2.24) is 4.98 Å². The van der Waals surface area contributed by atoms with E-state index >= 15 is 0 Å². The lowest BCUT2D eigenvalue weighted by molar-refractivity contribution is 0.0734. The van der Waals surface area contributed by atoms with Crippen LogP contribution in [0.3, 0.4) is 0 Å². The number of fused-ring (bicyclic) bond motifs is 3. The number of nitrogens with zero attached hydrogens (tertiary/aromatic N) is 3. The van der Waals surface area contributed by atoms with Crippen LogP contribution in [0.25, 0.3) is 11.1 Å². The summed E-state index contributed by atoms with van der Waals surface area (Å²) in [6.45, 7) is -0.512. The molecule has 3 aliphatic rings. The van der Waals surface area contributed by atoms with Crippen LogP contribution in [0.5, 0.6) is 5.75 Å².